The summed E-state index contributed by atoms with van der Waals surface area (Å²) in [5, 5.41) is 1.69. The summed E-state index contributed by atoms with van der Waals surface area (Å²) in [6.07, 6.45) is 5.67. The first-order valence-corrected chi connectivity index (χ1v) is 13.7. The lowest BCUT2D eigenvalue weighted by Gasteiger charge is -2.27. The van der Waals surface area contributed by atoms with E-state index in [-0.39, 0.29) is 24.0 Å². The van der Waals surface area contributed by atoms with Gasteiger partial charge in [-0.05, 0) is 70.2 Å². The van der Waals surface area contributed by atoms with Gasteiger partial charge in [-0.25, -0.2) is 10.2 Å². The predicted molar refractivity (Wildman–Crippen MR) is 156 cm³/mol. The van der Waals surface area contributed by atoms with Gasteiger partial charge < -0.3 is 19.1 Å². The minimum absolute atomic E-state index is 0.261. The van der Waals surface area contributed by atoms with E-state index >= 15 is 0 Å². The summed E-state index contributed by atoms with van der Waals surface area (Å²) in [4.78, 5) is 27.4. The fourth-order valence-electron chi connectivity index (χ4n) is 4.17. The molecule has 1 aromatic rings. The van der Waals surface area contributed by atoms with Crippen LogP contribution in [0.25, 0.3) is 12.8 Å². The van der Waals surface area contributed by atoms with E-state index in [0.29, 0.717) is 31.9 Å². The minimum atomic E-state index is -0.479. The standard InChI is InChI=1S/C31H47N3O5/c1-10-25(16-22(5)17-29(35)39-31(8,9)11-2)18-34(21(3)4)19-27-23(6)12-13-26(24(27)7)30(36)33-32-28-20-37-14-15-38-28/h12-13,17,19,25,28,32H,3,6,10-11,14-16,18,20H2,1-2,4-5,7-9H3,(H,33,36)/b22-17-,27-19+. The summed E-state index contributed by atoms with van der Waals surface area (Å²) in [5.74, 6) is -0.284. The molecule has 39 heavy (non-hydrogen) atoms. The highest BCUT2D eigenvalue weighted by Crippen LogP contribution is 2.20. The van der Waals surface area contributed by atoms with Gasteiger partial charge in [0.25, 0.3) is 5.91 Å². The van der Waals surface area contributed by atoms with Crippen molar-refractivity contribution in [3.63, 3.8) is 0 Å². The van der Waals surface area contributed by atoms with E-state index in [4.69, 9.17) is 14.2 Å². The second kappa shape index (κ2) is 15.0. The van der Waals surface area contributed by atoms with Gasteiger partial charge >= 0.3 is 5.97 Å². The fourth-order valence-corrected chi connectivity index (χ4v) is 4.17. The third-order valence-corrected chi connectivity index (χ3v) is 7.02. The van der Waals surface area contributed by atoms with Crippen molar-refractivity contribution in [2.75, 3.05) is 26.4 Å². The van der Waals surface area contributed by atoms with Crippen molar-refractivity contribution in [3.8, 4) is 0 Å². The average Bonchev–Trinajstić information content (AvgIpc) is 2.88. The molecule has 0 spiro atoms. The van der Waals surface area contributed by atoms with Gasteiger partial charge in [-0.1, -0.05) is 45.1 Å². The molecule has 0 saturated carbocycles. The molecule has 1 fully saturated rings. The van der Waals surface area contributed by atoms with Gasteiger partial charge in [-0.15, -0.1) is 0 Å². The Morgan fingerprint density at radius 2 is 1.97 bits per heavy atom. The van der Waals surface area contributed by atoms with Crippen LogP contribution in [-0.2, 0) is 19.0 Å². The molecule has 1 aliphatic heterocycles. The molecule has 216 valence electrons. The van der Waals surface area contributed by atoms with E-state index in [0.717, 1.165) is 46.5 Å². The van der Waals surface area contributed by atoms with Gasteiger partial charge in [0.2, 0.25) is 0 Å². The number of hydrogen-bond donors (Lipinski definition) is 2. The first-order chi connectivity index (χ1) is 18.4. The molecule has 1 aromatic carbocycles. The molecule has 8 heteroatoms. The first-order valence-electron chi connectivity index (χ1n) is 13.7. The zero-order valence-electron chi connectivity index (χ0n) is 24.8. The van der Waals surface area contributed by atoms with Crippen LogP contribution in [0.15, 0.2) is 36.1 Å². The molecule has 2 N–H and O–H groups in total. The topological polar surface area (TPSA) is 89.1 Å². The van der Waals surface area contributed by atoms with Crippen molar-refractivity contribution < 1.29 is 23.8 Å². The number of hydrogen-bond acceptors (Lipinski definition) is 7. The summed E-state index contributed by atoms with van der Waals surface area (Å²) in [5.41, 5.74) is 8.35. The van der Waals surface area contributed by atoms with Crippen molar-refractivity contribution >= 4 is 24.7 Å². The van der Waals surface area contributed by atoms with Crippen molar-refractivity contribution in [1.82, 2.24) is 15.8 Å². The van der Waals surface area contributed by atoms with Gasteiger partial charge in [0, 0.05) is 35.3 Å². The molecule has 1 amide bonds. The fraction of sp³-hybridized carbons (Fsp3) is 0.548. The first kappa shape index (κ1) is 32.3. The van der Waals surface area contributed by atoms with E-state index in [9.17, 15) is 9.59 Å². The maximum Gasteiger partial charge on any atom is 0.331 e. The van der Waals surface area contributed by atoms with E-state index in [1.54, 1.807) is 12.1 Å². The molecule has 0 aromatic heterocycles. The van der Waals surface area contributed by atoms with Crippen LogP contribution in [0.1, 0.15) is 76.7 Å². The second-order valence-corrected chi connectivity index (χ2v) is 10.9. The second-order valence-electron chi connectivity index (χ2n) is 10.9. The number of ether oxygens (including phenoxy) is 3. The molecular weight excluding hydrogens is 494 g/mol. The molecule has 1 saturated heterocycles. The number of nitrogens with zero attached hydrogens (tertiary/aromatic N) is 1. The number of hydrazine groups is 1. The van der Waals surface area contributed by atoms with Crippen LogP contribution in [0, 0.1) is 12.8 Å². The van der Waals surface area contributed by atoms with Crippen LogP contribution >= 0.6 is 0 Å². The number of nitrogens with one attached hydrogen (secondary N) is 2. The van der Waals surface area contributed by atoms with Gasteiger partial charge in [-0.2, -0.15) is 0 Å². The summed E-state index contributed by atoms with van der Waals surface area (Å²) in [6.45, 7) is 24.3. The number of carbonyl (C=O) groups excluding carboxylic acids is 2. The van der Waals surface area contributed by atoms with Crippen LogP contribution in [0.5, 0.6) is 0 Å². The Hall–Kier alpha value is -2.94. The monoisotopic (exact) mass is 541 g/mol. The van der Waals surface area contributed by atoms with Crippen molar-refractivity contribution in [2.45, 2.75) is 79.6 Å². The molecule has 8 nitrogen and oxygen atoms in total. The predicted octanol–water partition coefficient (Wildman–Crippen LogP) is 3.68. The number of esters is 1. The molecule has 2 rings (SSSR count). The van der Waals surface area contributed by atoms with Gasteiger partial charge in [0.05, 0.1) is 19.8 Å². The van der Waals surface area contributed by atoms with E-state index < -0.39 is 5.60 Å². The number of allylic oxidation sites excluding steroid dienone is 2. The highest BCUT2D eigenvalue weighted by molar-refractivity contribution is 5.95. The lowest BCUT2D eigenvalue weighted by Crippen LogP contribution is -2.50. The Balaban J connectivity index is 2.20. The molecule has 0 aliphatic carbocycles. The summed E-state index contributed by atoms with van der Waals surface area (Å²) in [7, 11) is 0. The van der Waals surface area contributed by atoms with Crippen LogP contribution < -0.4 is 21.3 Å². The Kier molecular flexibility index (Phi) is 12.4. The van der Waals surface area contributed by atoms with Crippen molar-refractivity contribution in [2.24, 2.45) is 5.92 Å². The highest BCUT2D eigenvalue weighted by atomic mass is 16.6. The number of rotatable bonds is 13. The van der Waals surface area contributed by atoms with Crippen molar-refractivity contribution in [3.05, 3.63) is 57.6 Å². The minimum Gasteiger partial charge on any atom is -0.457 e. The third kappa shape index (κ3) is 10.3. The molecule has 1 aliphatic rings. The van der Waals surface area contributed by atoms with E-state index in [1.165, 1.54) is 0 Å². The number of amides is 1. The molecule has 2 atom stereocenters. The zero-order chi connectivity index (χ0) is 29.2. The van der Waals surface area contributed by atoms with Gasteiger partial charge in [0.15, 0.2) is 0 Å². The van der Waals surface area contributed by atoms with Crippen LogP contribution in [-0.4, -0.2) is 55.0 Å². The Morgan fingerprint density at radius 3 is 2.56 bits per heavy atom. The quantitative estimate of drug-likeness (QED) is 0.224. The average molecular weight is 542 g/mol. The van der Waals surface area contributed by atoms with E-state index in [2.05, 4.69) is 35.8 Å². The Morgan fingerprint density at radius 1 is 1.26 bits per heavy atom. The van der Waals surface area contributed by atoms with Crippen LogP contribution in [0.2, 0.25) is 0 Å². The van der Waals surface area contributed by atoms with E-state index in [1.807, 2.05) is 53.8 Å². The molecular formula is C31H47N3O5. The highest BCUT2D eigenvalue weighted by Gasteiger charge is 2.20. The normalized spacial score (nSPS) is 17.5. The van der Waals surface area contributed by atoms with Crippen molar-refractivity contribution in [1.29, 1.82) is 0 Å². The smallest absolute Gasteiger partial charge is 0.331 e. The number of carbonyl (C=O) groups is 2. The molecule has 0 bridgehead atoms. The van der Waals surface area contributed by atoms with Gasteiger partial charge in [0.1, 0.15) is 11.8 Å². The third-order valence-electron chi connectivity index (χ3n) is 7.02. The maximum absolute atomic E-state index is 13.0. The zero-order valence-corrected chi connectivity index (χ0v) is 24.8. The molecule has 1 heterocycles. The summed E-state index contributed by atoms with van der Waals surface area (Å²) >= 11 is 0. The lowest BCUT2D eigenvalue weighted by molar-refractivity contribution is -0.150. The molecule has 2 unspecified atom stereocenters. The number of benzene rings is 1. The SMILES string of the molecule is C=C(C)N(/C=c1/c(C)c(C(=O)NNC2COCCO2)ccc1=C)CC(CC)C/C(C)=C\C(=O)OC(C)(C)CC. The lowest BCUT2D eigenvalue weighted by atomic mass is 9.96. The van der Waals surface area contributed by atoms with Gasteiger partial charge in [-0.3, -0.25) is 10.2 Å². The maximum atomic E-state index is 13.0. The summed E-state index contributed by atoms with van der Waals surface area (Å²) in [6, 6.07) is 3.62. The Bertz CT molecular complexity index is 1150. The van der Waals surface area contributed by atoms with Crippen LogP contribution in [0.3, 0.4) is 0 Å². The summed E-state index contributed by atoms with van der Waals surface area (Å²) < 4.78 is 16.5. The van der Waals surface area contributed by atoms with Crippen LogP contribution in [0.4, 0.5) is 0 Å². The largest absolute Gasteiger partial charge is 0.457 e. The Labute approximate surface area is 233 Å². The molecule has 0 radical (unpaired) electrons.